The molecule has 2 heteroatoms. The van der Waals surface area contributed by atoms with E-state index in [1.807, 2.05) is 11.8 Å². The van der Waals surface area contributed by atoms with E-state index >= 15 is 0 Å². The molecule has 2 aromatic rings. The number of nitrogens with two attached hydrogens (primary N) is 1. The minimum absolute atomic E-state index is 0.327. The normalized spacial score (nSPS) is 12.4. The summed E-state index contributed by atoms with van der Waals surface area (Å²) in [6, 6.07) is 17.3. The summed E-state index contributed by atoms with van der Waals surface area (Å²) in [5.41, 5.74) is 9.78. The minimum atomic E-state index is 0.327. The Hall–Kier alpha value is -1.25. The van der Waals surface area contributed by atoms with Gasteiger partial charge >= 0.3 is 0 Å². The molecule has 0 aliphatic heterocycles. The van der Waals surface area contributed by atoms with E-state index in [-0.39, 0.29) is 0 Å². The molecule has 0 aliphatic rings. The highest BCUT2D eigenvalue weighted by Crippen LogP contribution is 2.34. The van der Waals surface area contributed by atoms with Gasteiger partial charge in [-0.3, -0.25) is 0 Å². The molecule has 0 bridgehead atoms. The number of thioether (sulfide) groups is 1. The van der Waals surface area contributed by atoms with Crippen LogP contribution in [0.25, 0.3) is 0 Å². The largest absolute Gasteiger partial charge is 0.329 e. The summed E-state index contributed by atoms with van der Waals surface area (Å²) in [7, 11) is 0. The molecule has 0 saturated heterocycles. The van der Waals surface area contributed by atoms with Crippen molar-refractivity contribution in [2.75, 3.05) is 6.54 Å². The van der Waals surface area contributed by atoms with E-state index in [9.17, 15) is 0 Å². The summed E-state index contributed by atoms with van der Waals surface area (Å²) in [6.45, 7) is 4.87. The zero-order chi connectivity index (χ0) is 13.0. The molecule has 0 aliphatic carbocycles. The Kier molecular flexibility index (Phi) is 4.45. The van der Waals surface area contributed by atoms with E-state index in [1.165, 1.54) is 21.6 Å². The lowest BCUT2D eigenvalue weighted by Crippen LogP contribution is -2.09. The monoisotopic (exact) mass is 257 g/mol. The number of hydrogen-bond donors (Lipinski definition) is 1. The van der Waals surface area contributed by atoms with Gasteiger partial charge in [-0.1, -0.05) is 47.5 Å². The van der Waals surface area contributed by atoms with Gasteiger partial charge in [0.2, 0.25) is 0 Å². The zero-order valence-corrected chi connectivity index (χ0v) is 11.7. The van der Waals surface area contributed by atoms with Crippen LogP contribution >= 0.6 is 11.8 Å². The molecular formula is C16H19NS. The van der Waals surface area contributed by atoms with Crippen molar-refractivity contribution in [2.45, 2.75) is 24.0 Å². The molecule has 1 unspecified atom stereocenters. The Morgan fingerprint density at radius 3 is 1.89 bits per heavy atom. The smallest absolute Gasteiger partial charge is 0.0466 e. The fourth-order valence-electron chi connectivity index (χ4n) is 1.81. The van der Waals surface area contributed by atoms with Crippen molar-refractivity contribution < 1.29 is 0 Å². The summed E-state index contributed by atoms with van der Waals surface area (Å²) >= 11 is 1.83. The maximum Gasteiger partial charge on any atom is 0.0466 e. The molecule has 0 radical (unpaired) electrons. The second kappa shape index (κ2) is 6.07. The molecule has 94 valence electrons. The predicted octanol–water partition coefficient (Wildman–Crippen LogP) is 4.10. The molecule has 0 aromatic heterocycles. The highest BCUT2D eigenvalue weighted by molar-refractivity contribution is 7.99. The fourth-order valence-corrected chi connectivity index (χ4v) is 2.83. The lowest BCUT2D eigenvalue weighted by molar-refractivity contribution is 0.940. The van der Waals surface area contributed by atoms with Gasteiger partial charge in [0, 0.05) is 16.7 Å². The van der Waals surface area contributed by atoms with E-state index in [0.29, 0.717) is 11.8 Å². The molecule has 18 heavy (non-hydrogen) atoms. The molecule has 2 N–H and O–H groups in total. The van der Waals surface area contributed by atoms with E-state index < -0.39 is 0 Å². The van der Waals surface area contributed by atoms with Crippen LogP contribution in [0.3, 0.4) is 0 Å². The third-order valence-corrected chi connectivity index (χ3v) is 4.26. The van der Waals surface area contributed by atoms with E-state index in [1.54, 1.807) is 0 Å². The SMILES string of the molecule is Cc1ccc(SC(CN)c2ccc(C)cc2)cc1. The maximum absolute atomic E-state index is 5.90. The van der Waals surface area contributed by atoms with Gasteiger partial charge in [-0.2, -0.15) is 0 Å². The van der Waals surface area contributed by atoms with Gasteiger partial charge in [0.05, 0.1) is 0 Å². The third kappa shape index (κ3) is 3.37. The number of benzene rings is 2. The van der Waals surface area contributed by atoms with Crippen LogP contribution < -0.4 is 5.73 Å². The molecule has 0 fully saturated rings. The van der Waals surface area contributed by atoms with Crippen LogP contribution in [-0.2, 0) is 0 Å². The topological polar surface area (TPSA) is 26.0 Å². The van der Waals surface area contributed by atoms with Crippen LogP contribution in [0.5, 0.6) is 0 Å². The van der Waals surface area contributed by atoms with Crippen molar-refractivity contribution in [1.29, 1.82) is 0 Å². The minimum Gasteiger partial charge on any atom is -0.329 e. The number of hydrogen-bond acceptors (Lipinski definition) is 2. The highest BCUT2D eigenvalue weighted by Gasteiger charge is 2.10. The zero-order valence-electron chi connectivity index (χ0n) is 10.9. The molecule has 0 amide bonds. The Bertz CT molecular complexity index is 488. The molecular weight excluding hydrogens is 238 g/mol. The summed E-state index contributed by atoms with van der Waals surface area (Å²) < 4.78 is 0. The van der Waals surface area contributed by atoms with Gasteiger partial charge in [0.25, 0.3) is 0 Å². The number of rotatable bonds is 4. The van der Waals surface area contributed by atoms with Crippen LogP contribution in [0.15, 0.2) is 53.4 Å². The first-order valence-electron chi connectivity index (χ1n) is 6.19. The van der Waals surface area contributed by atoms with Crippen molar-refractivity contribution in [3.63, 3.8) is 0 Å². The van der Waals surface area contributed by atoms with Gasteiger partial charge in [0.15, 0.2) is 0 Å². The predicted molar refractivity (Wildman–Crippen MR) is 80.0 cm³/mol. The van der Waals surface area contributed by atoms with Crippen LogP contribution in [0.2, 0.25) is 0 Å². The van der Waals surface area contributed by atoms with Crippen molar-refractivity contribution in [3.05, 3.63) is 65.2 Å². The van der Waals surface area contributed by atoms with Crippen molar-refractivity contribution in [1.82, 2.24) is 0 Å². The summed E-state index contributed by atoms with van der Waals surface area (Å²) in [4.78, 5) is 1.27. The molecule has 2 rings (SSSR count). The van der Waals surface area contributed by atoms with Crippen molar-refractivity contribution in [2.24, 2.45) is 5.73 Å². The molecule has 0 spiro atoms. The van der Waals surface area contributed by atoms with Crippen LogP contribution in [-0.4, -0.2) is 6.54 Å². The maximum atomic E-state index is 5.90. The second-order valence-electron chi connectivity index (χ2n) is 4.57. The molecule has 1 atom stereocenters. The Morgan fingerprint density at radius 1 is 0.889 bits per heavy atom. The third-order valence-electron chi connectivity index (χ3n) is 2.96. The lowest BCUT2D eigenvalue weighted by Gasteiger charge is -2.15. The average molecular weight is 257 g/mol. The van der Waals surface area contributed by atoms with E-state index in [2.05, 4.69) is 62.4 Å². The van der Waals surface area contributed by atoms with Gasteiger partial charge in [-0.05, 0) is 31.5 Å². The first-order valence-corrected chi connectivity index (χ1v) is 7.07. The summed E-state index contributed by atoms with van der Waals surface area (Å²) in [6.07, 6.45) is 0. The van der Waals surface area contributed by atoms with Crippen LogP contribution in [0.4, 0.5) is 0 Å². The second-order valence-corrected chi connectivity index (χ2v) is 5.84. The van der Waals surface area contributed by atoms with E-state index in [4.69, 9.17) is 5.73 Å². The molecule has 0 saturated carbocycles. The van der Waals surface area contributed by atoms with Gasteiger partial charge in [0.1, 0.15) is 0 Å². The molecule has 1 nitrogen and oxygen atoms in total. The van der Waals surface area contributed by atoms with E-state index in [0.717, 1.165) is 0 Å². The highest BCUT2D eigenvalue weighted by atomic mass is 32.2. The van der Waals surface area contributed by atoms with Crippen LogP contribution in [0, 0.1) is 13.8 Å². The Morgan fingerprint density at radius 2 is 1.39 bits per heavy atom. The Labute approximate surface area is 113 Å². The first kappa shape index (κ1) is 13.2. The molecule has 0 heterocycles. The average Bonchev–Trinajstić information content (AvgIpc) is 2.39. The lowest BCUT2D eigenvalue weighted by atomic mass is 10.1. The van der Waals surface area contributed by atoms with Gasteiger partial charge in [-0.15, -0.1) is 11.8 Å². The molecule has 2 aromatic carbocycles. The van der Waals surface area contributed by atoms with Gasteiger partial charge in [-0.25, -0.2) is 0 Å². The summed E-state index contributed by atoms with van der Waals surface area (Å²) in [5.74, 6) is 0. The Balaban J connectivity index is 2.14. The quantitative estimate of drug-likeness (QED) is 0.835. The van der Waals surface area contributed by atoms with Crippen LogP contribution in [0.1, 0.15) is 21.9 Å². The first-order chi connectivity index (χ1) is 8.69. The van der Waals surface area contributed by atoms with Crippen molar-refractivity contribution >= 4 is 11.8 Å². The van der Waals surface area contributed by atoms with Gasteiger partial charge < -0.3 is 5.73 Å². The fraction of sp³-hybridized carbons (Fsp3) is 0.250. The number of aryl methyl sites for hydroxylation is 2. The standard InChI is InChI=1S/C16H19NS/c1-12-3-7-14(8-4-12)16(11-17)18-15-9-5-13(2)6-10-15/h3-10,16H,11,17H2,1-2H3. The van der Waals surface area contributed by atoms with Crippen molar-refractivity contribution in [3.8, 4) is 0 Å². The summed E-state index contributed by atoms with van der Waals surface area (Å²) in [5, 5.41) is 0.327.